The highest BCUT2D eigenvalue weighted by molar-refractivity contribution is 8.01. The van der Waals surface area contributed by atoms with Gasteiger partial charge in [0.1, 0.15) is 10.9 Å². The summed E-state index contributed by atoms with van der Waals surface area (Å²) in [7, 11) is 0. The Morgan fingerprint density at radius 1 is 1.88 bits per heavy atom. The maximum atomic E-state index is 8.30. The summed E-state index contributed by atoms with van der Waals surface area (Å²) in [5.74, 6) is 0.810. The predicted octanol–water partition coefficient (Wildman–Crippen LogP) is 0.737. The Morgan fingerprint density at radius 3 is 2.88 bits per heavy atom. The summed E-state index contributed by atoms with van der Waals surface area (Å²) in [5, 5.41) is 11.2. The first-order valence-corrected chi connectivity index (χ1v) is 3.73. The number of hydrogen-bond donors (Lipinski definition) is 1. The van der Waals surface area contributed by atoms with Crippen LogP contribution >= 0.6 is 23.4 Å². The van der Waals surface area contributed by atoms with Gasteiger partial charge in [-0.25, -0.2) is 0 Å². The maximum Gasteiger partial charge on any atom is 0.130 e. The zero-order chi connectivity index (χ0) is 5.98. The van der Waals surface area contributed by atoms with E-state index in [4.69, 9.17) is 16.9 Å². The number of nitrogens with one attached hydrogen (secondary N) is 1. The van der Waals surface area contributed by atoms with Crippen molar-refractivity contribution in [1.29, 1.82) is 5.26 Å². The highest BCUT2D eigenvalue weighted by Gasteiger charge is 2.20. The molecule has 1 heterocycles. The van der Waals surface area contributed by atoms with E-state index >= 15 is 0 Å². The summed E-state index contributed by atoms with van der Waals surface area (Å²) in [6, 6.07) is 2.04. The topological polar surface area (TPSA) is 35.8 Å². The normalized spacial score (nSPS) is 37.0. The van der Waals surface area contributed by atoms with Crippen molar-refractivity contribution in [3.05, 3.63) is 0 Å². The fraction of sp³-hybridized carbons (Fsp3) is 0.750. The van der Waals surface area contributed by atoms with Crippen LogP contribution in [-0.4, -0.2) is 16.6 Å². The van der Waals surface area contributed by atoms with E-state index in [-0.39, 0.29) is 10.9 Å². The molecular formula is C4H5ClN2S. The smallest absolute Gasteiger partial charge is 0.130 e. The summed E-state index contributed by atoms with van der Waals surface area (Å²) in [6.07, 6.45) is 0. The lowest BCUT2D eigenvalue weighted by molar-refractivity contribution is 0.739. The molecule has 1 N–H and O–H groups in total. The molecule has 0 aromatic rings. The van der Waals surface area contributed by atoms with Crippen molar-refractivity contribution in [2.75, 3.05) is 5.75 Å². The van der Waals surface area contributed by atoms with E-state index in [1.807, 2.05) is 0 Å². The molecule has 2 nitrogen and oxygen atoms in total. The Hall–Kier alpha value is 0.0900. The maximum absolute atomic E-state index is 8.30. The molecule has 0 radical (unpaired) electrons. The molecule has 0 saturated carbocycles. The van der Waals surface area contributed by atoms with Gasteiger partial charge in [-0.2, -0.15) is 5.26 Å². The fourth-order valence-electron chi connectivity index (χ4n) is 0.510. The molecule has 2 unspecified atom stereocenters. The fourth-order valence-corrected chi connectivity index (χ4v) is 1.67. The van der Waals surface area contributed by atoms with Crippen LogP contribution in [0.15, 0.2) is 0 Å². The van der Waals surface area contributed by atoms with E-state index < -0.39 is 0 Å². The monoisotopic (exact) mass is 148 g/mol. The summed E-state index contributed by atoms with van der Waals surface area (Å²) in [5.41, 5.74) is 0. The first-order chi connectivity index (χ1) is 3.83. The predicted molar refractivity (Wildman–Crippen MR) is 34.6 cm³/mol. The molecule has 1 aliphatic heterocycles. The van der Waals surface area contributed by atoms with Gasteiger partial charge in [0, 0.05) is 5.75 Å². The van der Waals surface area contributed by atoms with E-state index in [9.17, 15) is 0 Å². The van der Waals surface area contributed by atoms with Gasteiger partial charge in [-0.05, 0) is 0 Å². The number of rotatable bonds is 0. The van der Waals surface area contributed by atoms with Gasteiger partial charge in [-0.3, -0.25) is 5.32 Å². The molecular weight excluding hydrogens is 144 g/mol. The number of halogens is 1. The van der Waals surface area contributed by atoms with E-state index in [1.165, 1.54) is 0 Å². The summed E-state index contributed by atoms with van der Waals surface area (Å²) in [6.45, 7) is 0. The quantitative estimate of drug-likeness (QED) is 0.407. The second-order valence-electron chi connectivity index (χ2n) is 1.50. The van der Waals surface area contributed by atoms with Crippen molar-refractivity contribution in [2.24, 2.45) is 0 Å². The van der Waals surface area contributed by atoms with Crippen molar-refractivity contribution < 1.29 is 0 Å². The van der Waals surface area contributed by atoms with Crippen molar-refractivity contribution in [2.45, 2.75) is 10.9 Å². The molecule has 0 aliphatic carbocycles. The second-order valence-corrected chi connectivity index (χ2v) is 3.33. The van der Waals surface area contributed by atoms with Crippen molar-refractivity contribution >= 4 is 23.4 Å². The minimum atomic E-state index is -0.0559. The van der Waals surface area contributed by atoms with Crippen LogP contribution in [0.5, 0.6) is 0 Å². The Kier molecular flexibility index (Phi) is 2.01. The van der Waals surface area contributed by atoms with Gasteiger partial charge >= 0.3 is 0 Å². The molecule has 0 aromatic carbocycles. The van der Waals surface area contributed by atoms with Gasteiger partial charge in [0.2, 0.25) is 0 Å². The number of hydrogen-bond acceptors (Lipinski definition) is 3. The third-order valence-electron chi connectivity index (χ3n) is 0.897. The largest absolute Gasteiger partial charge is 0.277 e. The standard InChI is InChI=1S/C4H5ClN2S/c5-4-7-3(1-6)2-8-4/h3-4,7H,2H2. The van der Waals surface area contributed by atoms with Crippen LogP contribution in [-0.2, 0) is 0 Å². The lowest BCUT2D eigenvalue weighted by Gasteiger charge is -1.96. The van der Waals surface area contributed by atoms with Gasteiger partial charge in [-0.1, -0.05) is 11.6 Å². The molecule has 2 atom stereocenters. The van der Waals surface area contributed by atoms with Crippen LogP contribution < -0.4 is 5.32 Å². The first kappa shape index (κ1) is 6.21. The third kappa shape index (κ3) is 1.28. The van der Waals surface area contributed by atoms with Crippen molar-refractivity contribution in [1.82, 2.24) is 5.32 Å². The summed E-state index contributed by atoms with van der Waals surface area (Å²) < 4.78 is 0. The van der Waals surface area contributed by atoms with E-state index in [2.05, 4.69) is 11.4 Å². The Bertz CT molecular complexity index is 122. The van der Waals surface area contributed by atoms with Crippen molar-refractivity contribution in [3.63, 3.8) is 0 Å². The van der Waals surface area contributed by atoms with Crippen molar-refractivity contribution in [3.8, 4) is 6.07 Å². The zero-order valence-electron chi connectivity index (χ0n) is 4.10. The van der Waals surface area contributed by atoms with Crippen LogP contribution in [0.4, 0.5) is 0 Å². The van der Waals surface area contributed by atoms with E-state index in [0.29, 0.717) is 0 Å². The zero-order valence-corrected chi connectivity index (χ0v) is 5.67. The highest BCUT2D eigenvalue weighted by Crippen LogP contribution is 2.20. The van der Waals surface area contributed by atoms with E-state index in [1.54, 1.807) is 11.8 Å². The molecule has 0 amide bonds. The van der Waals surface area contributed by atoms with Crippen LogP contribution in [0, 0.1) is 11.3 Å². The van der Waals surface area contributed by atoms with Crippen LogP contribution in [0.2, 0.25) is 0 Å². The van der Waals surface area contributed by atoms with Gasteiger partial charge in [0.15, 0.2) is 0 Å². The highest BCUT2D eigenvalue weighted by atomic mass is 35.5. The average Bonchev–Trinajstić information content (AvgIpc) is 2.14. The van der Waals surface area contributed by atoms with Gasteiger partial charge < -0.3 is 0 Å². The second kappa shape index (κ2) is 2.58. The SMILES string of the molecule is N#CC1CSC(Cl)N1. The Morgan fingerprint density at radius 2 is 2.62 bits per heavy atom. The summed E-state index contributed by atoms with van der Waals surface area (Å²) >= 11 is 7.15. The minimum absolute atomic E-state index is 0.0394. The van der Waals surface area contributed by atoms with Crippen LogP contribution in [0.3, 0.4) is 0 Å². The molecule has 1 aliphatic rings. The molecule has 8 heavy (non-hydrogen) atoms. The van der Waals surface area contributed by atoms with Gasteiger partial charge in [-0.15, -0.1) is 11.8 Å². The number of alkyl halides is 1. The Labute approximate surface area is 57.2 Å². The lowest BCUT2D eigenvalue weighted by atomic mass is 10.4. The Balaban J connectivity index is 2.35. The number of nitriles is 1. The number of nitrogens with zero attached hydrogens (tertiary/aromatic N) is 1. The lowest BCUT2D eigenvalue weighted by Crippen LogP contribution is -2.24. The summed E-state index contributed by atoms with van der Waals surface area (Å²) in [4.78, 5) is -0.0559. The average molecular weight is 149 g/mol. The molecule has 1 fully saturated rings. The molecule has 0 spiro atoms. The van der Waals surface area contributed by atoms with Crippen LogP contribution in [0.1, 0.15) is 0 Å². The third-order valence-corrected chi connectivity index (χ3v) is 2.36. The van der Waals surface area contributed by atoms with Crippen LogP contribution in [0.25, 0.3) is 0 Å². The molecule has 1 rings (SSSR count). The number of thioether (sulfide) groups is 1. The molecule has 0 bridgehead atoms. The molecule has 44 valence electrons. The molecule has 0 aromatic heterocycles. The molecule has 1 saturated heterocycles. The first-order valence-electron chi connectivity index (χ1n) is 2.24. The minimum Gasteiger partial charge on any atom is -0.277 e. The van der Waals surface area contributed by atoms with Gasteiger partial charge in [0.25, 0.3) is 0 Å². The van der Waals surface area contributed by atoms with Gasteiger partial charge in [0.05, 0.1) is 6.07 Å². The van der Waals surface area contributed by atoms with E-state index in [0.717, 1.165) is 5.75 Å². The molecule has 4 heteroatoms.